The highest BCUT2D eigenvalue weighted by Crippen LogP contribution is 2.31. The number of hydrogen-bond donors (Lipinski definition) is 1. The maximum Gasteiger partial charge on any atom is 0.387 e. The highest BCUT2D eigenvalue weighted by atomic mass is 19.3. The maximum absolute atomic E-state index is 12.5. The van der Waals surface area contributed by atoms with Gasteiger partial charge in [-0.1, -0.05) is 0 Å². The van der Waals surface area contributed by atoms with Crippen LogP contribution < -0.4 is 24.4 Å². The van der Waals surface area contributed by atoms with E-state index in [1.807, 2.05) is 24.3 Å². The summed E-state index contributed by atoms with van der Waals surface area (Å²) in [5.74, 6) is 0.857. The largest absolute Gasteiger partial charge is 0.497 e. The topological polar surface area (TPSA) is 63.3 Å². The predicted octanol–water partition coefficient (Wildman–Crippen LogP) is 3.07. The summed E-state index contributed by atoms with van der Waals surface area (Å²) in [4.78, 5) is 16.5. The molecule has 9 heteroatoms. The molecule has 1 aliphatic rings. The van der Waals surface area contributed by atoms with Gasteiger partial charge in [-0.25, -0.2) is 0 Å². The summed E-state index contributed by atoms with van der Waals surface area (Å²) in [5, 5.41) is 2.96. The van der Waals surface area contributed by atoms with Gasteiger partial charge >= 0.3 is 6.61 Å². The molecule has 0 spiro atoms. The smallest absolute Gasteiger partial charge is 0.387 e. The average molecular weight is 421 g/mol. The summed E-state index contributed by atoms with van der Waals surface area (Å²) < 4.78 is 39.7. The van der Waals surface area contributed by atoms with Crippen LogP contribution in [0.4, 0.5) is 20.2 Å². The fraction of sp³-hybridized carbons (Fsp3) is 0.381. The Morgan fingerprint density at radius 1 is 1.00 bits per heavy atom. The summed E-state index contributed by atoms with van der Waals surface area (Å²) >= 11 is 0. The molecule has 0 aliphatic carbocycles. The van der Waals surface area contributed by atoms with Crippen molar-refractivity contribution in [1.29, 1.82) is 0 Å². The van der Waals surface area contributed by atoms with Crippen LogP contribution in [0.1, 0.15) is 0 Å². The molecule has 1 fully saturated rings. The van der Waals surface area contributed by atoms with Gasteiger partial charge in [-0.05, 0) is 36.4 Å². The fourth-order valence-corrected chi connectivity index (χ4v) is 3.27. The average Bonchev–Trinajstić information content (AvgIpc) is 2.77. The molecule has 1 heterocycles. The molecule has 1 amide bonds. The van der Waals surface area contributed by atoms with Gasteiger partial charge in [-0.2, -0.15) is 8.78 Å². The van der Waals surface area contributed by atoms with Crippen LogP contribution >= 0.6 is 0 Å². The number of alkyl halides is 2. The third kappa shape index (κ3) is 5.43. The summed E-state index contributed by atoms with van der Waals surface area (Å²) in [6, 6.07) is 12.4. The van der Waals surface area contributed by atoms with Gasteiger partial charge in [0.15, 0.2) is 11.5 Å². The maximum atomic E-state index is 12.5. The van der Waals surface area contributed by atoms with E-state index in [1.165, 1.54) is 19.2 Å². The summed E-state index contributed by atoms with van der Waals surface area (Å²) in [5.41, 5.74) is 1.59. The molecule has 0 unspecified atom stereocenters. The summed E-state index contributed by atoms with van der Waals surface area (Å²) in [6.07, 6.45) is 0. The molecule has 1 N–H and O–H groups in total. The molecule has 2 aromatic rings. The lowest BCUT2D eigenvalue weighted by Gasteiger charge is -2.36. The molecule has 0 radical (unpaired) electrons. The van der Waals surface area contributed by atoms with E-state index in [-0.39, 0.29) is 24.0 Å². The van der Waals surface area contributed by atoms with Gasteiger partial charge in [0.2, 0.25) is 5.91 Å². The van der Waals surface area contributed by atoms with Crippen LogP contribution in [-0.4, -0.2) is 64.4 Å². The molecule has 2 aromatic carbocycles. The van der Waals surface area contributed by atoms with Crippen molar-refractivity contribution in [1.82, 2.24) is 4.90 Å². The van der Waals surface area contributed by atoms with Gasteiger partial charge in [-0.15, -0.1) is 0 Å². The number of halogens is 2. The number of piperazine rings is 1. The first-order valence-corrected chi connectivity index (χ1v) is 9.53. The molecule has 3 rings (SSSR count). The molecular weight excluding hydrogens is 396 g/mol. The number of anilines is 2. The number of carbonyl (C=O) groups excluding carboxylic acids is 1. The zero-order chi connectivity index (χ0) is 21.5. The number of benzene rings is 2. The molecule has 1 aliphatic heterocycles. The Labute approximate surface area is 174 Å². The SMILES string of the molecule is COc1ccc(N2CCN(C(=O)CNc3ccc(OC)c(OC(F)F)c3)CC2)cc1. The van der Waals surface area contributed by atoms with E-state index in [0.29, 0.717) is 18.8 Å². The number of ether oxygens (including phenoxy) is 3. The van der Waals surface area contributed by atoms with Crippen LogP contribution in [-0.2, 0) is 4.79 Å². The third-order valence-corrected chi connectivity index (χ3v) is 4.89. The number of hydrogen-bond acceptors (Lipinski definition) is 6. The van der Waals surface area contributed by atoms with Crippen molar-refractivity contribution >= 4 is 17.3 Å². The normalized spacial score (nSPS) is 13.9. The van der Waals surface area contributed by atoms with E-state index >= 15 is 0 Å². The number of amides is 1. The Hall–Kier alpha value is -3.23. The van der Waals surface area contributed by atoms with E-state index < -0.39 is 6.61 Å². The molecular formula is C21H25F2N3O4. The third-order valence-electron chi connectivity index (χ3n) is 4.89. The molecule has 162 valence electrons. The van der Waals surface area contributed by atoms with E-state index in [2.05, 4.69) is 15.0 Å². The lowest BCUT2D eigenvalue weighted by molar-refractivity contribution is -0.129. The molecule has 0 atom stereocenters. The zero-order valence-electron chi connectivity index (χ0n) is 16.9. The highest BCUT2D eigenvalue weighted by molar-refractivity contribution is 5.81. The Balaban J connectivity index is 1.51. The van der Waals surface area contributed by atoms with Crippen molar-refractivity contribution in [3.63, 3.8) is 0 Å². The number of methoxy groups -OCH3 is 2. The second-order valence-corrected chi connectivity index (χ2v) is 6.66. The first kappa shape index (κ1) is 21.5. The predicted molar refractivity (Wildman–Crippen MR) is 110 cm³/mol. The Morgan fingerprint density at radius 2 is 1.70 bits per heavy atom. The second kappa shape index (κ2) is 10.00. The van der Waals surface area contributed by atoms with Gasteiger partial charge in [0, 0.05) is 43.6 Å². The van der Waals surface area contributed by atoms with Gasteiger partial charge in [0.25, 0.3) is 0 Å². The standard InChI is InChI=1S/C21H25F2N3O4/c1-28-17-6-4-16(5-7-17)25-9-11-26(12-10-25)20(27)14-24-15-3-8-18(29-2)19(13-15)30-21(22)23/h3-8,13,21,24H,9-12,14H2,1-2H3. The van der Waals surface area contributed by atoms with Crippen LogP contribution in [0.5, 0.6) is 17.2 Å². The zero-order valence-corrected chi connectivity index (χ0v) is 16.9. The van der Waals surface area contributed by atoms with Crippen molar-refractivity contribution < 1.29 is 27.8 Å². The molecule has 0 bridgehead atoms. The van der Waals surface area contributed by atoms with E-state index in [1.54, 1.807) is 18.1 Å². The Morgan fingerprint density at radius 3 is 2.30 bits per heavy atom. The lowest BCUT2D eigenvalue weighted by atomic mass is 10.2. The quantitative estimate of drug-likeness (QED) is 0.707. The summed E-state index contributed by atoms with van der Waals surface area (Å²) in [7, 11) is 3.00. The van der Waals surface area contributed by atoms with Crippen LogP contribution in [0.3, 0.4) is 0 Å². The van der Waals surface area contributed by atoms with Crippen molar-refractivity contribution in [2.45, 2.75) is 6.61 Å². The van der Waals surface area contributed by atoms with Crippen LogP contribution in [0.25, 0.3) is 0 Å². The van der Waals surface area contributed by atoms with Crippen molar-refractivity contribution in [3.8, 4) is 17.2 Å². The van der Waals surface area contributed by atoms with Crippen molar-refractivity contribution in [2.75, 3.05) is 57.2 Å². The number of nitrogens with zero attached hydrogens (tertiary/aromatic N) is 2. The Kier molecular flexibility index (Phi) is 7.16. The number of nitrogens with one attached hydrogen (secondary N) is 1. The number of carbonyl (C=O) groups is 1. The molecule has 0 saturated carbocycles. The monoisotopic (exact) mass is 421 g/mol. The van der Waals surface area contributed by atoms with E-state index in [0.717, 1.165) is 24.5 Å². The van der Waals surface area contributed by atoms with E-state index in [4.69, 9.17) is 9.47 Å². The number of rotatable bonds is 8. The molecule has 1 saturated heterocycles. The minimum absolute atomic E-state index is 0.0585. The molecule has 0 aromatic heterocycles. The van der Waals surface area contributed by atoms with Gasteiger partial charge in [0.05, 0.1) is 20.8 Å². The Bertz CT molecular complexity index is 841. The fourth-order valence-electron chi connectivity index (χ4n) is 3.27. The first-order chi connectivity index (χ1) is 14.5. The van der Waals surface area contributed by atoms with Crippen LogP contribution in [0.15, 0.2) is 42.5 Å². The second-order valence-electron chi connectivity index (χ2n) is 6.66. The van der Waals surface area contributed by atoms with Crippen LogP contribution in [0, 0.1) is 0 Å². The minimum atomic E-state index is -2.96. The summed E-state index contributed by atoms with van der Waals surface area (Å²) in [6.45, 7) is -0.231. The lowest BCUT2D eigenvalue weighted by Crippen LogP contribution is -2.50. The van der Waals surface area contributed by atoms with Gasteiger partial charge in [0.1, 0.15) is 5.75 Å². The van der Waals surface area contributed by atoms with Crippen molar-refractivity contribution in [3.05, 3.63) is 42.5 Å². The highest BCUT2D eigenvalue weighted by Gasteiger charge is 2.21. The molecule has 7 nitrogen and oxygen atoms in total. The van der Waals surface area contributed by atoms with E-state index in [9.17, 15) is 13.6 Å². The molecule has 30 heavy (non-hydrogen) atoms. The first-order valence-electron chi connectivity index (χ1n) is 9.53. The van der Waals surface area contributed by atoms with Gasteiger partial charge < -0.3 is 29.3 Å². The minimum Gasteiger partial charge on any atom is -0.497 e. The van der Waals surface area contributed by atoms with Crippen LogP contribution in [0.2, 0.25) is 0 Å². The van der Waals surface area contributed by atoms with Crippen molar-refractivity contribution in [2.24, 2.45) is 0 Å². The van der Waals surface area contributed by atoms with Gasteiger partial charge in [-0.3, -0.25) is 4.79 Å².